The van der Waals surface area contributed by atoms with Crippen molar-refractivity contribution < 1.29 is 14.3 Å². The second-order valence-corrected chi connectivity index (χ2v) is 5.46. The van der Waals surface area contributed by atoms with Gasteiger partial charge in [0.25, 0.3) is 0 Å². The number of anilines is 2. The molecule has 3 N–H and O–H groups in total. The molecule has 116 valence electrons. The Hall–Kier alpha value is -1.79. The summed E-state index contributed by atoms with van der Waals surface area (Å²) in [7, 11) is 1.56. The Morgan fingerprint density at radius 1 is 1.43 bits per heavy atom. The van der Waals surface area contributed by atoms with Gasteiger partial charge in [-0.05, 0) is 32.0 Å². The largest absolute Gasteiger partial charge is 0.495 e. The third kappa shape index (κ3) is 4.34. The van der Waals surface area contributed by atoms with Gasteiger partial charge in [-0.2, -0.15) is 0 Å². The molecule has 0 radical (unpaired) electrons. The summed E-state index contributed by atoms with van der Waals surface area (Å²) in [4.78, 5) is 14.3. The predicted molar refractivity (Wildman–Crippen MR) is 82.5 cm³/mol. The smallest absolute Gasteiger partial charge is 0.238 e. The number of nitrogens with zero attached hydrogens (tertiary/aromatic N) is 1. The SMILES string of the molecule is COc1ccc(N)cc1NC(=O)CN1CC(C)OC(C)C1. The van der Waals surface area contributed by atoms with Crippen molar-refractivity contribution in [3.8, 4) is 5.75 Å². The number of carbonyl (C=O) groups excluding carboxylic acids is 1. The van der Waals surface area contributed by atoms with Gasteiger partial charge in [0.2, 0.25) is 5.91 Å². The molecule has 0 saturated carbocycles. The summed E-state index contributed by atoms with van der Waals surface area (Å²) in [6.45, 7) is 5.87. The highest BCUT2D eigenvalue weighted by Crippen LogP contribution is 2.26. The number of carbonyl (C=O) groups is 1. The number of nitrogens with two attached hydrogens (primary N) is 1. The van der Waals surface area contributed by atoms with Crippen molar-refractivity contribution in [3.05, 3.63) is 18.2 Å². The van der Waals surface area contributed by atoms with Crippen LogP contribution in [0.25, 0.3) is 0 Å². The fourth-order valence-corrected chi connectivity index (χ4v) is 2.63. The van der Waals surface area contributed by atoms with Gasteiger partial charge in [-0.1, -0.05) is 0 Å². The molecule has 0 aliphatic carbocycles. The van der Waals surface area contributed by atoms with Gasteiger partial charge >= 0.3 is 0 Å². The van der Waals surface area contributed by atoms with E-state index in [0.29, 0.717) is 23.7 Å². The normalized spacial score (nSPS) is 22.8. The molecule has 1 heterocycles. The van der Waals surface area contributed by atoms with Crippen molar-refractivity contribution in [3.63, 3.8) is 0 Å². The second kappa shape index (κ2) is 6.78. The van der Waals surface area contributed by atoms with Crippen LogP contribution in [0.15, 0.2) is 18.2 Å². The minimum atomic E-state index is -0.0831. The molecular weight excluding hydrogens is 270 g/mol. The Balaban J connectivity index is 1.97. The summed E-state index contributed by atoms with van der Waals surface area (Å²) in [5.41, 5.74) is 6.92. The average molecular weight is 293 g/mol. The van der Waals surface area contributed by atoms with Crippen molar-refractivity contribution in [1.82, 2.24) is 4.90 Å². The van der Waals surface area contributed by atoms with E-state index in [1.54, 1.807) is 25.3 Å². The highest BCUT2D eigenvalue weighted by molar-refractivity contribution is 5.94. The van der Waals surface area contributed by atoms with Gasteiger partial charge in [-0.25, -0.2) is 0 Å². The number of nitrogen functional groups attached to an aromatic ring is 1. The number of hydrogen-bond acceptors (Lipinski definition) is 5. The summed E-state index contributed by atoms with van der Waals surface area (Å²) < 4.78 is 10.9. The third-order valence-corrected chi connectivity index (χ3v) is 3.36. The lowest BCUT2D eigenvalue weighted by molar-refractivity contribution is -0.121. The molecule has 2 unspecified atom stereocenters. The zero-order valence-electron chi connectivity index (χ0n) is 12.8. The zero-order valence-corrected chi connectivity index (χ0v) is 12.8. The Kier molecular flexibility index (Phi) is 5.03. The van der Waals surface area contributed by atoms with E-state index in [-0.39, 0.29) is 18.1 Å². The molecule has 1 aliphatic heterocycles. The second-order valence-electron chi connectivity index (χ2n) is 5.46. The van der Waals surface area contributed by atoms with Gasteiger partial charge in [0.15, 0.2) is 0 Å². The fourth-order valence-electron chi connectivity index (χ4n) is 2.63. The summed E-state index contributed by atoms with van der Waals surface area (Å²) in [6.07, 6.45) is 0.284. The number of rotatable bonds is 4. The van der Waals surface area contributed by atoms with Crippen LogP contribution < -0.4 is 15.8 Å². The maximum absolute atomic E-state index is 12.2. The van der Waals surface area contributed by atoms with Crippen LogP contribution in [0.4, 0.5) is 11.4 Å². The molecule has 6 nitrogen and oxygen atoms in total. The first-order valence-corrected chi connectivity index (χ1v) is 7.09. The van der Waals surface area contributed by atoms with Gasteiger partial charge in [0.1, 0.15) is 5.75 Å². The number of nitrogens with one attached hydrogen (secondary N) is 1. The summed E-state index contributed by atoms with van der Waals surface area (Å²) >= 11 is 0. The molecule has 21 heavy (non-hydrogen) atoms. The van der Waals surface area contributed by atoms with Gasteiger partial charge in [-0.15, -0.1) is 0 Å². The van der Waals surface area contributed by atoms with Gasteiger partial charge < -0.3 is 20.5 Å². The minimum absolute atomic E-state index is 0.0831. The maximum Gasteiger partial charge on any atom is 0.238 e. The van der Waals surface area contributed by atoms with Crippen LogP contribution >= 0.6 is 0 Å². The summed E-state index contributed by atoms with van der Waals surface area (Å²) in [5, 5.41) is 2.85. The molecule has 0 spiro atoms. The highest BCUT2D eigenvalue weighted by Gasteiger charge is 2.23. The van der Waals surface area contributed by atoms with E-state index in [2.05, 4.69) is 10.2 Å². The van der Waals surface area contributed by atoms with Crippen LogP contribution in [-0.4, -0.2) is 49.8 Å². The molecule has 0 aromatic heterocycles. The molecule has 1 saturated heterocycles. The van der Waals surface area contributed by atoms with Gasteiger partial charge in [-0.3, -0.25) is 9.69 Å². The topological polar surface area (TPSA) is 76.8 Å². The first-order valence-electron chi connectivity index (χ1n) is 7.09. The zero-order chi connectivity index (χ0) is 15.4. The molecule has 1 fully saturated rings. The molecule has 6 heteroatoms. The molecule has 1 aromatic carbocycles. The molecule has 1 amide bonds. The van der Waals surface area contributed by atoms with Crippen molar-refractivity contribution in [2.75, 3.05) is 37.8 Å². The molecular formula is C15H23N3O3. The van der Waals surface area contributed by atoms with Crippen molar-refractivity contribution in [2.24, 2.45) is 0 Å². The molecule has 2 atom stereocenters. The Morgan fingerprint density at radius 2 is 2.10 bits per heavy atom. The third-order valence-electron chi connectivity index (χ3n) is 3.36. The van der Waals surface area contributed by atoms with Crippen molar-refractivity contribution in [1.29, 1.82) is 0 Å². The lowest BCUT2D eigenvalue weighted by Gasteiger charge is -2.34. The Labute approximate surface area is 125 Å². The average Bonchev–Trinajstić information content (AvgIpc) is 2.37. The minimum Gasteiger partial charge on any atom is -0.495 e. The van der Waals surface area contributed by atoms with Crippen molar-refractivity contribution in [2.45, 2.75) is 26.1 Å². The van der Waals surface area contributed by atoms with Gasteiger partial charge in [0, 0.05) is 18.8 Å². The lowest BCUT2D eigenvalue weighted by atomic mass is 10.2. The Morgan fingerprint density at radius 3 is 2.71 bits per heavy atom. The van der Waals surface area contributed by atoms with Crippen LogP contribution in [-0.2, 0) is 9.53 Å². The fraction of sp³-hybridized carbons (Fsp3) is 0.533. The van der Waals surface area contributed by atoms with E-state index in [4.69, 9.17) is 15.2 Å². The molecule has 2 rings (SSSR count). The van der Waals surface area contributed by atoms with Crippen LogP contribution in [0, 0.1) is 0 Å². The molecule has 1 aromatic rings. The van der Waals surface area contributed by atoms with Crippen LogP contribution in [0.2, 0.25) is 0 Å². The summed E-state index contributed by atoms with van der Waals surface area (Å²) in [5.74, 6) is 0.515. The lowest BCUT2D eigenvalue weighted by Crippen LogP contribution is -2.48. The van der Waals surface area contributed by atoms with E-state index >= 15 is 0 Å². The number of amides is 1. The first-order chi connectivity index (χ1) is 9.97. The Bertz CT molecular complexity index is 497. The van der Waals surface area contributed by atoms with E-state index in [1.807, 2.05) is 13.8 Å². The highest BCUT2D eigenvalue weighted by atomic mass is 16.5. The van der Waals surface area contributed by atoms with Crippen LogP contribution in [0.5, 0.6) is 5.75 Å². The predicted octanol–water partition coefficient (Wildman–Crippen LogP) is 1.33. The number of morpholine rings is 1. The standard InChI is InChI=1S/C15H23N3O3/c1-10-7-18(8-11(2)21-10)9-15(19)17-13-6-12(16)4-5-14(13)20-3/h4-6,10-11H,7-9,16H2,1-3H3,(H,17,19). The quantitative estimate of drug-likeness (QED) is 0.819. The molecule has 0 bridgehead atoms. The number of hydrogen-bond donors (Lipinski definition) is 2. The van der Waals surface area contributed by atoms with E-state index in [9.17, 15) is 4.79 Å². The number of methoxy groups -OCH3 is 1. The monoisotopic (exact) mass is 293 g/mol. The van der Waals surface area contributed by atoms with E-state index in [0.717, 1.165) is 13.1 Å². The number of ether oxygens (including phenoxy) is 2. The van der Waals surface area contributed by atoms with E-state index < -0.39 is 0 Å². The summed E-state index contributed by atoms with van der Waals surface area (Å²) in [6, 6.07) is 5.17. The van der Waals surface area contributed by atoms with Crippen LogP contribution in [0.1, 0.15) is 13.8 Å². The number of benzene rings is 1. The van der Waals surface area contributed by atoms with Crippen LogP contribution in [0.3, 0.4) is 0 Å². The molecule has 1 aliphatic rings. The van der Waals surface area contributed by atoms with Crippen molar-refractivity contribution >= 4 is 17.3 Å². The van der Waals surface area contributed by atoms with E-state index in [1.165, 1.54) is 0 Å². The van der Waals surface area contributed by atoms with Gasteiger partial charge in [0.05, 0.1) is 31.5 Å². The first kappa shape index (κ1) is 15.6. The maximum atomic E-state index is 12.2.